The Morgan fingerprint density at radius 1 is 1.07 bits per heavy atom. The number of imidazole rings is 1. The molecular weight excluding hydrogens is 374 g/mol. The van der Waals surface area contributed by atoms with Gasteiger partial charge in [-0.3, -0.25) is 9.89 Å². The predicted octanol–water partition coefficient (Wildman–Crippen LogP) is 4.08. The van der Waals surface area contributed by atoms with Gasteiger partial charge in [0.1, 0.15) is 5.65 Å². The molecule has 1 N–H and O–H groups in total. The van der Waals surface area contributed by atoms with Gasteiger partial charge in [0, 0.05) is 37.3 Å². The van der Waals surface area contributed by atoms with Crippen LogP contribution < -0.4 is 0 Å². The molecule has 0 spiro atoms. The van der Waals surface area contributed by atoms with E-state index in [4.69, 9.17) is 0 Å². The largest absolute Gasteiger partial charge is 0.334 e. The minimum Gasteiger partial charge on any atom is -0.334 e. The molecule has 3 aromatic heterocycles. The van der Waals surface area contributed by atoms with E-state index >= 15 is 0 Å². The molecule has 146 valence electrons. The van der Waals surface area contributed by atoms with Gasteiger partial charge in [0.15, 0.2) is 0 Å². The molecule has 0 bridgehead atoms. The van der Waals surface area contributed by atoms with Crippen LogP contribution in [0.1, 0.15) is 21.6 Å². The summed E-state index contributed by atoms with van der Waals surface area (Å²) in [6.07, 6.45) is 6.57. The minimum atomic E-state index is 0.0917. The van der Waals surface area contributed by atoms with Crippen LogP contribution >= 0.6 is 0 Å². The zero-order valence-corrected chi connectivity index (χ0v) is 16.2. The van der Waals surface area contributed by atoms with Crippen LogP contribution in [0.5, 0.6) is 0 Å². The summed E-state index contributed by atoms with van der Waals surface area (Å²) in [5, 5.41) is 8.17. The average Bonchev–Trinajstić information content (AvgIpc) is 3.48. The van der Waals surface area contributed by atoms with Crippen LogP contribution in [-0.2, 0) is 13.0 Å². The summed E-state index contributed by atoms with van der Waals surface area (Å²) < 4.78 is 2.01. The first-order valence-corrected chi connectivity index (χ1v) is 10.0. The van der Waals surface area contributed by atoms with Gasteiger partial charge in [0.25, 0.3) is 5.91 Å². The molecule has 5 aromatic rings. The van der Waals surface area contributed by atoms with Gasteiger partial charge in [0.05, 0.1) is 23.0 Å². The number of hydrogen-bond donors (Lipinski definition) is 1. The number of H-pyrrole nitrogens is 1. The minimum absolute atomic E-state index is 0.0917. The molecule has 0 saturated heterocycles. The molecule has 6 rings (SSSR count). The van der Waals surface area contributed by atoms with E-state index in [1.54, 1.807) is 6.20 Å². The smallest absolute Gasteiger partial charge is 0.255 e. The molecular formula is C24H19N5O. The van der Waals surface area contributed by atoms with Crippen LogP contribution in [-0.4, -0.2) is 36.9 Å². The van der Waals surface area contributed by atoms with E-state index in [1.807, 2.05) is 58.1 Å². The maximum absolute atomic E-state index is 13.3. The van der Waals surface area contributed by atoms with Gasteiger partial charge in [-0.15, -0.1) is 0 Å². The van der Waals surface area contributed by atoms with Crippen molar-refractivity contribution in [1.29, 1.82) is 0 Å². The molecule has 2 aromatic carbocycles. The normalized spacial score (nSPS) is 13.5. The molecule has 1 aliphatic rings. The average molecular weight is 393 g/mol. The second kappa shape index (κ2) is 6.56. The van der Waals surface area contributed by atoms with Crippen molar-refractivity contribution >= 4 is 22.5 Å². The summed E-state index contributed by atoms with van der Waals surface area (Å²) in [5.74, 6) is 0.0917. The van der Waals surface area contributed by atoms with Crippen molar-refractivity contribution < 1.29 is 4.79 Å². The zero-order chi connectivity index (χ0) is 20.1. The van der Waals surface area contributed by atoms with E-state index in [9.17, 15) is 4.79 Å². The molecule has 6 nitrogen and oxygen atoms in total. The molecule has 0 unspecified atom stereocenters. The van der Waals surface area contributed by atoms with Crippen molar-refractivity contribution in [2.24, 2.45) is 0 Å². The maximum Gasteiger partial charge on any atom is 0.255 e. The summed E-state index contributed by atoms with van der Waals surface area (Å²) >= 11 is 0. The van der Waals surface area contributed by atoms with Crippen LogP contribution in [0, 0.1) is 0 Å². The SMILES string of the molecule is O=C1c2c(cccc2-c2ccc3cn[nH]c3c2)CN1CCc1cn2ccccc2n1. The highest BCUT2D eigenvalue weighted by Gasteiger charge is 2.30. The van der Waals surface area contributed by atoms with Gasteiger partial charge in [-0.1, -0.05) is 36.4 Å². The Bertz CT molecular complexity index is 1380. The van der Waals surface area contributed by atoms with Gasteiger partial charge in [-0.2, -0.15) is 5.10 Å². The van der Waals surface area contributed by atoms with Crippen molar-refractivity contribution in [2.45, 2.75) is 13.0 Å². The maximum atomic E-state index is 13.3. The van der Waals surface area contributed by atoms with E-state index in [0.717, 1.165) is 50.9 Å². The van der Waals surface area contributed by atoms with E-state index in [1.165, 1.54) is 0 Å². The molecule has 0 saturated carbocycles. The lowest BCUT2D eigenvalue weighted by Gasteiger charge is -2.15. The molecule has 1 aliphatic heterocycles. The van der Waals surface area contributed by atoms with Crippen LogP contribution in [0.2, 0.25) is 0 Å². The fourth-order valence-electron chi connectivity index (χ4n) is 4.30. The van der Waals surface area contributed by atoms with Crippen LogP contribution in [0.25, 0.3) is 27.7 Å². The monoisotopic (exact) mass is 393 g/mol. The third kappa shape index (κ3) is 2.69. The van der Waals surface area contributed by atoms with Crippen molar-refractivity contribution in [3.05, 3.63) is 90.0 Å². The Hall–Kier alpha value is -3.93. The molecule has 1 amide bonds. The third-order valence-corrected chi connectivity index (χ3v) is 5.82. The number of benzene rings is 2. The van der Waals surface area contributed by atoms with Gasteiger partial charge < -0.3 is 9.30 Å². The fourth-order valence-corrected chi connectivity index (χ4v) is 4.30. The lowest BCUT2D eigenvalue weighted by Crippen LogP contribution is -2.26. The molecule has 0 aliphatic carbocycles. The number of rotatable bonds is 4. The Labute approximate surface area is 172 Å². The number of carbonyl (C=O) groups excluding carboxylic acids is 1. The second-order valence-electron chi connectivity index (χ2n) is 7.69. The van der Waals surface area contributed by atoms with Crippen molar-refractivity contribution in [1.82, 2.24) is 24.5 Å². The summed E-state index contributed by atoms with van der Waals surface area (Å²) in [6.45, 7) is 1.29. The highest BCUT2D eigenvalue weighted by Crippen LogP contribution is 2.33. The molecule has 0 radical (unpaired) electrons. The Kier molecular flexibility index (Phi) is 3.71. The number of carbonyl (C=O) groups is 1. The first-order valence-electron chi connectivity index (χ1n) is 10.0. The molecule has 0 fully saturated rings. The summed E-state index contributed by atoms with van der Waals surface area (Å²) in [6, 6.07) is 18.2. The predicted molar refractivity (Wildman–Crippen MR) is 115 cm³/mol. The van der Waals surface area contributed by atoms with E-state index in [-0.39, 0.29) is 5.91 Å². The highest BCUT2D eigenvalue weighted by molar-refractivity contribution is 6.05. The number of fused-ring (bicyclic) bond motifs is 3. The zero-order valence-electron chi connectivity index (χ0n) is 16.2. The van der Waals surface area contributed by atoms with E-state index in [2.05, 4.69) is 33.4 Å². The van der Waals surface area contributed by atoms with Gasteiger partial charge >= 0.3 is 0 Å². The standard InChI is InChI=1S/C24H19N5O/c30-24-23-18(4-3-5-20(23)16-7-8-17-13-25-27-21(17)12-16)14-29(24)11-9-19-15-28-10-2-1-6-22(28)26-19/h1-8,10,12-13,15H,9,11,14H2,(H,25,27). The molecule has 0 atom stereocenters. The first-order chi connectivity index (χ1) is 14.8. The Morgan fingerprint density at radius 2 is 2.03 bits per heavy atom. The van der Waals surface area contributed by atoms with Gasteiger partial charge in [-0.25, -0.2) is 4.98 Å². The number of amides is 1. The van der Waals surface area contributed by atoms with E-state index in [0.29, 0.717) is 13.1 Å². The first kappa shape index (κ1) is 17.0. The number of hydrogen-bond acceptors (Lipinski definition) is 3. The third-order valence-electron chi connectivity index (χ3n) is 5.82. The summed E-state index contributed by atoms with van der Waals surface area (Å²) in [4.78, 5) is 19.9. The lowest BCUT2D eigenvalue weighted by molar-refractivity contribution is 0.0780. The summed E-state index contributed by atoms with van der Waals surface area (Å²) in [7, 11) is 0. The lowest BCUT2D eigenvalue weighted by atomic mass is 9.96. The number of aromatic amines is 1. The molecule has 6 heteroatoms. The number of nitrogens with zero attached hydrogens (tertiary/aromatic N) is 4. The van der Waals surface area contributed by atoms with Crippen LogP contribution in [0.3, 0.4) is 0 Å². The Morgan fingerprint density at radius 3 is 2.97 bits per heavy atom. The fraction of sp³-hybridized carbons (Fsp3) is 0.125. The second-order valence-corrected chi connectivity index (χ2v) is 7.69. The van der Waals surface area contributed by atoms with Gasteiger partial charge in [0.2, 0.25) is 0 Å². The quantitative estimate of drug-likeness (QED) is 0.500. The topological polar surface area (TPSA) is 66.3 Å². The number of aromatic nitrogens is 4. The van der Waals surface area contributed by atoms with Crippen molar-refractivity contribution in [3.63, 3.8) is 0 Å². The van der Waals surface area contributed by atoms with Crippen molar-refractivity contribution in [3.8, 4) is 11.1 Å². The summed E-state index contributed by atoms with van der Waals surface area (Å²) in [5.41, 5.74) is 6.79. The van der Waals surface area contributed by atoms with Gasteiger partial charge in [-0.05, 0) is 34.9 Å². The van der Waals surface area contributed by atoms with Crippen molar-refractivity contribution in [2.75, 3.05) is 6.54 Å². The van der Waals surface area contributed by atoms with Crippen LogP contribution in [0.15, 0.2) is 73.2 Å². The van der Waals surface area contributed by atoms with Crippen LogP contribution in [0.4, 0.5) is 0 Å². The Balaban J connectivity index is 1.28. The number of pyridine rings is 1. The molecule has 4 heterocycles. The number of nitrogens with one attached hydrogen (secondary N) is 1. The van der Waals surface area contributed by atoms with E-state index < -0.39 is 0 Å². The highest BCUT2D eigenvalue weighted by atomic mass is 16.2. The molecule has 30 heavy (non-hydrogen) atoms.